The van der Waals surface area contributed by atoms with Crippen molar-refractivity contribution in [3.05, 3.63) is 35.9 Å². The summed E-state index contributed by atoms with van der Waals surface area (Å²) in [5.41, 5.74) is 0.339. The van der Waals surface area contributed by atoms with Gasteiger partial charge in [-0.05, 0) is 45.1 Å². The molecule has 2 rings (SSSR count). The average molecular weight is 478 g/mol. The topological polar surface area (TPSA) is 100 Å². The SMILES string of the molecule is CC(C)[C@@H](C[C@H](O)[C@H](Cc1ccccc1)NC(=O)OC(C)(C)C)C(=O)NCCN1CCOCC1. The Hall–Kier alpha value is -2.16. The molecular weight excluding hydrogens is 434 g/mol. The molecule has 8 heteroatoms. The number of carbonyl (C=O) groups is 2. The molecule has 8 nitrogen and oxygen atoms in total. The van der Waals surface area contributed by atoms with Gasteiger partial charge in [-0.25, -0.2) is 4.79 Å². The lowest BCUT2D eigenvalue weighted by molar-refractivity contribution is -0.127. The summed E-state index contributed by atoms with van der Waals surface area (Å²) in [5.74, 6) is -0.409. The van der Waals surface area contributed by atoms with E-state index in [1.54, 1.807) is 20.8 Å². The molecule has 1 fully saturated rings. The highest BCUT2D eigenvalue weighted by atomic mass is 16.6. The van der Waals surface area contributed by atoms with Crippen molar-refractivity contribution in [3.8, 4) is 0 Å². The summed E-state index contributed by atoms with van der Waals surface area (Å²) in [7, 11) is 0. The molecule has 0 saturated carbocycles. The van der Waals surface area contributed by atoms with Gasteiger partial charge in [0.1, 0.15) is 5.60 Å². The number of morpholine rings is 1. The van der Waals surface area contributed by atoms with Crippen LogP contribution < -0.4 is 10.6 Å². The molecule has 0 bridgehead atoms. The molecule has 0 unspecified atom stereocenters. The van der Waals surface area contributed by atoms with Crippen LogP contribution in [0.15, 0.2) is 30.3 Å². The largest absolute Gasteiger partial charge is 0.444 e. The first-order valence-corrected chi connectivity index (χ1v) is 12.3. The molecule has 1 aromatic carbocycles. The number of hydrogen-bond acceptors (Lipinski definition) is 6. The normalized spacial score (nSPS) is 17.6. The molecule has 34 heavy (non-hydrogen) atoms. The number of benzene rings is 1. The van der Waals surface area contributed by atoms with Crippen LogP contribution in [0.25, 0.3) is 0 Å². The molecule has 0 radical (unpaired) electrons. The third-order valence-corrected chi connectivity index (χ3v) is 5.93. The molecule has 1 aromatic rings. The second-order valence-corrected chi connectivity index (χ2v) is 10.3. The maximum atomic E-state index is 13.0. The summed E-state index contributed by atoms with van der Waals surface area (Å²) in [6.07, 6.45) is -0.812. The predicted octanol–water partition coefficient (Wildman–Crippen LogP) is 2.59. The zero-order valence-electron chi connectivity index (χ0n) is 21.4. The highest BCUT2D eigenvalue weighted by molar-refractivity contribution is 5.79. The minimum absolute atomic E-state index is 0.0388. The molecule has 1 aliphatic heterocycles. The van der Waals surface area contributed by atoms with Crippen LogP contribution in [0.3, 0.4) is 0 Å². The number of aliphatic hydroxyl groups excluding tert-OH is 1. The number of nitrogens with zero attached hydrogens (tertiary/aromatic N) is 1. The zero-order chi connectivity index (χ0) is 25.1. The van der Waals surface area contributed by atoms with Gasteiger partial charge in [0, 0.05) is 32.1 Å². The molecule has 0 spiro atoms. The summed E-state index contributed by atoms with van der Waals surface area (Å²) in [5, 5.41) is 17.0. The van der Waals surface area contributed by atoms with Crippen molar-refractivity contribution in [1.82, 2.24) is 15.5 Å². The van der Waals surface area contributed by atoms with E-state index in [1.165, 1.54) is 0 Å². The predicted molar refractivity (Wildman–Crippen MR) is 133 cm³/mol. The first kappa shape index (κ1) is 28.1. The minimum atomic E-state index is -0.912. The number of carbonyl (C=O) groups excluding carboxylic acids is 2. The number of amides is 2. The Bertz CT molecular complexity index is 745. The molecule has 2 amide bonds. The number of alkyl carbamates (subject to hydrolysis) is 1. The van der Waals surface area contributed by atoms with Gasteiger partial charge in [0.2, 0.25) is 5.91 Å². The van der Waals surface area contributed by atoms with Gasteiger partial charge in [0.25, 0.3) is 0 Å². The van der Waals surface area contributed by atoms with Crippen LogP contribution in [0, 0.1) is 11.8 Å². The maximum absolute atomic E-state index is 13.0. The smallest absolute Gasteiger partial charge is 0.407 e. The quantitative estimate of drug-likeness (QED) is 0.453. The van der Waals surface area contributed by atoms with E-state index >= 15 is 0 Å². The van der Waals surface area contributed by atoms with E-state index in [4.69, 9.17) is 9.47 Å². The van der Waals surface area contributed by atoms with Gasteiger partial charge in [0.05, 0.1) is 25.4 Å². The third-order valence-electron chi connectivity index (χ3n) is 5.93. The van der Waals surface area contributed by atoms with Crippen molar-refractivity contribution in [3.63, 3.8) is 0 Å². The third kappa shape index (κ3) is 10.4. The number of rotatable bonds is 11. The van der Waals surface area contributed by atoms with Gasteiger partial charge in [0.15, 0.2) is 0 Å². The molecular formula is C26H43N3O5. The van der Waals surface area contributed by atoms with Crippen molar-refractivity contribution < 1.29 is 24.2 Å². The van der Waals surface area contributed by atoms with Crippen LogP contribution in [0.1, 0.15) is 46.6 Å². The van der Waals surface area contributed by atoms with Gasteiger partial charge in [-0.2, -0.15) is 0 Å². The van der Waals surface area contributed by atoms with Crippen molar-refractivity contribution in [2.24, 2.45) is 11.8 Å². The highest BCUT2D eigenvalue weighted by Gasteiger charge is 2.31. The second-order valence-electron chi connectivity index (χ2n) is 10.3. The molecule has 0 aromatic heterocycles. The van der Waals surface area contributed by atoms with Gasteiger partial charge in [-0.15, -0.1) is 0 Å². The summed E-state index contributed by atoms with van der Waals surface area (Å²) >= 11 is 0. The lowest BCUT2D eigenvalue weighted by Crippen LogP contribution is -2.49. The van der Waals surface area contributed by atoms with E-state index < -0.39 is 23.8 Å². The lowest BCUT2D eigenvalue weighted by atomic mass is 9.86. The van der Waals surface area contributed by atoms with Crippen molar-refractivity contribution in [2.45, 2.75) is 65.2 Å². The van der Waals surface area contributed by atoms with Gasteiger partial charge in [-0.1, -0.05) is 44.2 Å². The van der Waals surface area contributed by atoms with Gasteiger partial charge >= 0.3 is 6.09 Å². The number of ether oxygens (including phenoxy) is 2. The molecule has 192 valence electrons. The Kier molecular flexibility index (Phi) is 11.3. The van der Waals surface area contributed by atoms with Crippen molar-refractivity contribution in [1.29, 1.82) is 0 Å². The summed E-state index contributed by atoms with van der Waals surface area (Å²) in [6.45, 7) is 13.9. The van der Waals surface area contributed by atoms with E-state index in [0.717, 1.165) is 38.4 Å². The van der Waals surface area contributed by atoms with Crippen LogP contribution in [-0.4, -0.2) is 79.1 Å². The number of aliphatic hydroxyl groups is 1. The van der Waals surface area contributed by atoms with E-state index in [-0.39, 0.29) is 24.2 Å². The fourth-order valence-electron chi connectivity index (χ4n) is 4.01. The Balaban J connectivity index is 2.00. The lowest BCUT2D eigenvalue weighted by Gasteiger charge is -2.30. The van der Waals surface area contributed by atoms with E-state index in [1.807, 2.05) is 44.2 Å². The standard InChI is InChI=1S/C26H43N3O5/c1-19(2)21(24(31)27-11-12-29-13-15-33-16-14-29)18-23(30)22(17-20-9-7-6-8-10-20)28-25(32)34-26(3,4)5/h6-10,19,21-23,30H,11-18H2,1-5H3,(H,27,31)(H,28,32)/t21-,22+,23+/m1/s1. The van der Waals surface area contributed by atoms with E-state index in [9.17, 15) is 14.7 Å². The molecule has 3 N–H and O–H groups in total. The molecule has 1 saturated heterocycles. The molecule has 1 heterocycles. The van der Waals surface area contributed by atoms with Crippen LogP contribution in [0.4, 0.5) is 4.79 Å². The van der Waals surface area contributed by atoms with Crippen LogP contribution in [-0.2, 0) is 20.7 Å². The molecule has 0 aliphatic carbocycles. The molecule has 1 aliphatic rings. The van der Waals surface area contributed by atoms with Gasteiger partial charge in [-0.3, -0.25) is 9.69 Å². The Morgan fingerprint density at radius 2 is 1.79 bits per heavy atom. The fraction of sp³-hybridized carbons (Fsp3) is 0.692. The number of nitrogens with one attached hydrogen (secondary N) is 2. The fourth-order valence-corrected chi connectivity index (χ4v) is 4.01. The van der Waals surface area contributed by atoms with E-state index in [0.29, 0.717) is 13.0 Å². The second kappa shape index (κ2) is 13.7. The summed E-state index contributed by atoms with van der Waals surface area (Å²) < 4.78 is 10.8. The maximum Gasteiger partial charge on any atom is 0.407 e. The van der Waals surface area contributed by atoms with E-state index in [2.05, 4.69) is 15.5 Å². The summed E-state index contributed by atoms with van der Waals surface area (Å²) in [4.78, 5) is 27.7. The van der Waals surface area contributed by atoms with Gasteiger partial charge < -0.3 is 25.2 Å². The zero-order valence-corrected chi connectivity index (χ0v) is 21.4. The first-order valence-electron chi connectivity index (χ1n) is 12.3. The van der Waals surface area contributed by atoms with Crippen LogP contribution >= 0.6 is 0 Å². The van der Waals surface area contributed by atoms with Crippen molar-refractivity contribution in [2.75, 3.05) is 39.4 Å². The van der Waals surface area contributed by atoms with Crippen molar-refractivity contribution >= 4 is 12.0 Å². The highest BCUT2D eigenvalue weighted by Crippen LogP contribution is 2.21. The minimum Gasteiger partial charge on any atom is -0.444 e. The monoisotopic (exact) mass is 477 g/mol. The average Bonchev–Trinajstić information content (AvgIpc) is 2.76. The Morgan fingerprint density at radius 1 is 1.15 bits per heavy atom. The Labute approximate surface area is 204 Å². The Morgan fingerprint density at radius 3 is 2.38 bits per heavy atom. The molecule has 3 atom stereocenters. The van der Waals surface area contributed by atoms with Crippen LogP contribution in [0.5, 0.6) is 0 Å². The van der Waals surface area contributed by atoms with Crippen LogP contribution in [0.2, 0.25) is 0 Å². The number of hydrogen-bond donors (Lipinski definition) is 3. The first-order chi connectivity index (χ1) is 16.0. The summed E-state index contributed by atoms with van der Waals surface area (Å²) in [6, 6.07) is 9.09.